The number of pyridine rings is 1. The highest BCUT2D eigenvalue weighted by Gasteiger charge is 2.32. The second-order valence-corrected chi connectivity index (χ2v) is 8.65. The Hall–Kier alpha value is -2.83. The molecule has 3 unspecified atom stereocenters. The SMILES string of the molecule is CCC(N=C1C(=C(C)N2CCCC2O)C=C(c2cccc(F)c2)CC1OC)c1cccnc1. The molecular formula is C27H32FN3O2. The van der Waals surface area contributed by atoms with Crippen molar-refractivity contribution in [2.75, 3.05) is 13.7 Å². The van der Waals surface area contributed by atoms with Gasteiger partial charge in [-0.1, -0.05) is 25.1 Å². The molecule has 33 heavy (non-hydrogen) atoms. The molecule has 0 amide bonds. The maximum Gasteiger partial charge on any atom is 0.126 e. The summed E-state index contributed by atoms with van der Waals surface area (Å²) in [6.07, 6.45) is 8.05. The average molecular weight is 450 g/mol. The van der Waals surface area contributed by atoms with Crippen molar-refractivity contribution in [1.82, 2.24) is 9.88 Å². The van der Waals surface area contributed by atoms with Crippen LogP contribution in [0.1, 0.15) is 56.7 Å². The molecule has 2 aromatic rings. The maximum absolute atomic E-state index is 14.0. The smallest absolute Gasteiger partial charge is 0.126 e. The van der Waals surface area contributed by atoms with Gasteiger partial charge in [-0.15, -0.1) is 0 Å². The third kappa shape index (κ3) is 5.07. The van der Waals surface area contributed by atoms with E-state index in [0.29, 0.717) is 6.42 Å². The lowest BCUT2D eigenvalue weighted by Gasteiger charge is -2.32. The van der Waals surface area contributed by atoms with Gasteiger partial charge in [-0.2, -0.15) is 0 Å². The Morgan fingerprint density at radius 3 is 2.82 bits per heavy atom. The van der Waals surface area contributed by atoms with E-state index in [1.165, 1.54) is 6.07 Å². The zero-order chi connectivity index (χ0) is 23.4. The lowest BCUT2D eigenvalue weighted by molar-refractivity contribution is 0.0624. The van der Waals surface area contributed by atoms with Crippen LogP contribution >= 0.6 is 0 Å². The first-order valence-electron chi connectivity index (χ1n) is 11.6. The summed E-state index contributed by atoms with van der Waals surface area (Å²) in [5.74, 6) is -0.262. The summed E-state index contributed by atoms with van der Waals surface area (Å²) in [6, 6.07) is 10.6. The van der Waals surface area contributed by atoms with Crippen LogP contribution in [-0.2, 0) is 4.74 Å². The van der Waals surface area contributed by atoms with E-state index in [9.17, 15) is 9.50 Å². The van der Waals surface area contributed by atoms with Gasteiger partial charge in [-0.3, -0.25) is 9.98 Å². The quantitative estimate of drug-likeness (QED) is 0.650. The molecule has 6 heteroatoms. The number of aliphatic hydroxyl groups excluding tert-OH is 1. The number of hydrogen-bond donors (Lipinski definition) is 1. The molecule has 2 heterocycles. The summed E-state index contributed by atoms with van der Waals surface area (Å²) < 4.78 is 19.9. The highest BCUT2D eigenvalue weighted by atomic mass is 19.1. The van der Waals surface area contributed by atoms with Crippen LogP contribution in [0.2, 0.25) is 0 Å². The molecule has 2 aliphatic rings. The minimum Gasteiger partial charge on any atom is -0.375 e. The van der Waals surface area contributed by atoms with E-state index in [4.69, 9.17) is 9.73 Å². The Bertz CT molecular complexity index is 1060. The molecule has 0 bridgehead atoms. The first kappa shape index (κ1) is 23.3. The van der Waals surface area contributed by atoms with Crippen LogP contribution in [0.5, 0.6) is 0 Å². The maximum atomic E-state index is 14.0. The Labute approximate surface area is 195 Å². The molecule has 1 fully saturated rings. The third-order valence-corrected chi connectivity index (χ3v) is 6.58. The van der Waals surface area contributed by atoms with Crippen LogP contribution in [0.4, 0.5) is 4.39 Å². The molecule has 1 aromatic carbocycles. The Kier molecular flexibility index (Phi) is 7.36. The van der Waals surface area contributed by atoms with Crippen molar-refractivity contribution in [3.05, 3.63) is 83.1 Å². The molecule has 1 aromatic heterocycles. The first-order valence-corrected chi connectivity index (χ1v) is 11.6. The molecule has 174 valence electrons. The number of allylic oxidation sites excluding steroid dienone is 2. The van der Waals surface area contributed by atoms with Crippen LogP contribution < -0.4 is 0 Å². The lowest BCUT2D eigenvalue weighted by atomic mass is 9.85. The highest BCUT2D eigenvalue weighted by molar-refractivity contribution is 6.10. The fraction of sp³-hybridized carbons (Fsp3) is 0.407. The number of hydrogen-bond acceptors (Lipinski definition) is 5. The van der Waals surface area contributed by atoms with Gasteiger partial charge >= 0.3 is 0 Å². The zero-order valence-corrected chi connectivity index (χ0v) is 19.5. The lowest BCUT2D eigenvalue weighted by Crippen LogP contribution is -2.34. The van der Waals surface area contributed by atoms with Crippen LogP contribution in [0.15, 0.2) is 71.1 Å². The summed E-state index contributed by atoms with van der Waals surface area (Å²) in [5.41, 5.74) is 5.66. The topological polar surface area (TPSA) is 58.0 Å². The molecule has 3 atom stereocenters. The van der Waals surface area contributed by atoms with Crippen molar-refractivity contribution in [3.63, 3.8) is 0 Å². The predicted octanol–water partition coefficient (Wildman–Crippen LogP) is 5.30. The normalized spacial score (nSPS) is 24.7. The minimum atomic E-state index is -0.506. The third-order valence-electron chi connectivity index (χ3n) is 6.58. The number of aromatic nitrogens is 1. The van der Waals surface area contributed by atoms with Gasteiger partial charge in [-0.05, 0) is 67.2 Å². The largest absolute Gasteiger partial charge is 0.375 e. The van der Waals surface area contributed by atoms with Crippen molar-refractivity contribution in [3.8, 4) is 0 Å². The van der Waals surface area contributed by atoms with Gasteiger partial charge in [0.2, 0.25) is 0 Å². The molecule has 1 aliphatic heterocycles. The van der Waals surface area contributed by atoms with E-state index < -0.39 is 6.23 Å². The molecular weight excluding hydrogens is 417 g/mol. The molecule has 0 radical (unpaired) electrons. The molecule has 0 spiro atoms. The highest BCUT2D eigenvalue weighted by Crippen LogP contribution is 2.35. The fourth-order valence-electron chi connectivity index (χ4n) is 4.74. The second kappa shape index (κ2) is 10.4. The number of methoxy groups -OCH3 is 1. The number of nitrogens with zero attached hydrogens (tertiary/aromatic N) is 3. The standard InChI is InChI=1S/C27H32FN3O2/c1-4-24(20-9-6-12-29-17-20)30-27-23(18(2)31-13-7-11-26(31)32)15-21(16-25(27)33-3)19-8-5-10-22(28)14-19/h5-6,8-10,12,14-15,17,24-26,32H,4,7,11,13,16H2,1-3H3. The van der Waals surface area contributed by atoms with Crippen molar-refractivity contribution in [2.24, 2.45) is 4.99 Å². The first-order chi connectivity index (χ1) is 16.0. The number of likely N-dealkylation sites (tertiary alicyclic amines) is 1. The average Bonchev–Trinajstić information content (AvgIpc) is 3.28. The van der Waals surface area contributed by atoms with E-state index in [2.05, 4.69) is 18.0 Å². The second-order valence-electron chi connectivity index (χ2n) is 8.65. The Morgan fingerprint density at radius 1 is 1.33 bits per heavy atom. The van der Waals surface area contributed by atoms with E-state index in [1.54, 1.807) is 25.4 Å². The van der Waals surface area contributed by atoms with Crippen LogP contribution in [-0.4, -0.2) is 46.7 Å². The molecule has 0 saturated carbocycles. The number of aliphatic hydroxyl groups is 1. The number of ether oxygens (including phenoxy) is 1. The zero-order valence-electron chi connectivity index (χ0n) is 19.5. The van der Waals surface area contributed by atoms with Crippen molar-refractivity contribution < 1.29 is 14.2 Å². The Balaban J connectivity index is 1.86. The minimum absolute atomic E-state index is 0.0539. The van der Waals surface area contributed by atoms with Gasteiger partial charge in [0.15, 0.2) is 0 Å². The molecule has 1 saturated heterocycles. The number of rotatable bonds is 6. The van der Waals surface area contributed by atoms with Crippen molar-refractivity contribution in [1.29, 1.82) is 0 Å². The van der Waals surface area contributed by atoms with Gasteiger partial charge in [0.25, 0.3) is 0 Å². The summed E-state index contributed by atoms with van der Waals surface area (Å²) in [6.45, 7) is 4.94. The predicted molar refractivity (Wildman–Crippen MR) is 129 cm³/mol. The number of benzene rings is 1. The summed E-state index contributed by atoms with van der Waals surface area (Å²) in [4.78, 5) is 11.5. The van der Waals surface area contributed by atoms with Gasteiger partial charge < -0.3 is 14.7 Å². The fourth-order valence-corrected chi connectivity index (χ4v) is 4.74. The molecule has 4 rings (SSSR count). The monoisotopic (exact) mass is 449 g/mol. The van der Waals surface area contributed by atoms with E-state index in [-0.39, 0.29) is 18.0 Å². The van der Waals surface area contributed by atoms with Crippen LogP contribution in [0, 0.1) is 5.82 Å². The number of halogens is 1. The van der Waals surface area contributed by atoms with E-state index >= 15 is 0 Å². The van der Waals surface area contributed by atoms with Crippen molar-refractivity contribution >= 4 is 11.3 Å². The molecule has 5 nitrogen and oxygen atoms in total. The van der Waals surface area contributed by atoms with E-state index in [0.717, 1.165) is 59.5 Å². The summed E-state index contributed by atoms with van der Waals surface area (Å²) >= 11 is 0. The van der Waals surface area contributed by atoms with Gasteiger partial charge in [-0.25, -0.2) is 4.39 Å². The summed E-state index contributed by atoms with van der Waals surface area (Å²) in [7, 11) is 1.69. The number of aliphatic imine (C=N–C) groups is 1. The van der Waals surface area contributed by atoms with Crippen LogP contribution in [0.25, 0.3) is 5.57 Å². The van der Waals surface area contributed by atoms with Gasteiger partial charge in [0.1, 0.15) is 18.1 Å². The Morgan fingerprint density at radius 2 is 2.18 bits per heavy atom. The van der Waals surface area contributed by atoms with E-state index in [1.807, 2.05) is 36.2 Å². The van der Waals surface area contributed by atoms with Gasteiger partial charge in [0, 0.05) is 43.7 Å². The van der Waals surface area contributed by atoms with Gasteiger partial charge in [0.05, 0.1) is 11.8 Å². The molecule has 1 N–H and O–H groups in total. The summed E-state index contributed by atoms with van der Waals surface area (Å²) in [5, 5.41) is 10.6. The van der Waals surface area contributed by atoms with Crippen LogP contribution in [0.3, 0.4) is 0 Å². The van der Waals surface area contributed by atoms with Crippen molar-refractivity contribution in [2.45, 2.75) is 57.9 Å². The molecule has 1 aliphatic carbocycles.